The average molecular weight is 275 g/mol. The van der Waals surface area contributed by atoms with Crippen molar-refractivity contribution >= 4 is 11.7 Å². The van der Waals surface area contributed by atoms with Crippen LogP contribution in [0.4, 0.5) is 32.0 Å². The minimum Gasteiger partial charge on any atom is -0.475 e. The third-order valence-electron chi connectivity index (χ3n) is 1.51. The second-order valence-electron chi connectivity index (χ2n) is 2.89. The number of aliphatic carboxylic acids is 1. The molecule has 9 heteroatoms. The molecule has 0 aliphatic carbocycles. The summed E-state index contributed by atoms with van der Waals surface area (Å²) < 4.78 is 67.6. The molecule has 0 amide bonds. The van der Waals surface area contributed by atoms with Gasteiger partial charge in [0.2, 0.25) is 0 Å². The number of carbonyl (C=O) groups is 1. The quantitative estimate of drug-likeness (QED) is 0.565. The molecular formula is C9H7F6NO2. The van der Waals surface area contributed by atoms with Gasteiger partial charge in [-0.2, -0.15) is 26.3 Å². The molecule has 0 saturated heterocycles. The number of alkyl halides is 6. The molecule has 1 aromatic carbocycles. The molecule has 3 nitrogen and oxygen atoms in total. The lowest BCUT2D eigenvalue weighted by atomic mass is 10.2. The SMILES string of the molecule is Nc1ccccc1C(F)(F)F.O=C(O)C(F)(F)F. The van der Waals surface area contributed by atoms with E-state index in [1.165, 1.54) is 18.2 Å². The summed E-state index contributed by atoms with van der Waals surface area (Å²) in [4.78, 5) is 8.90. The molecule has 0 aliphatic heterocycles. The number of hydrogen-bond acceptors (Lipinski definition) is 2. The Labute approximate surface area is 96.8 Å². The van der Waals surface area contributed by atoms with Crippen molar-refractivity contribution in [1.29, 1.82) is 0 Å². The molecule has 0 unspecified atom stereocenters. The molecule has 18 heavy (non-hydrogen) atoms. The van der Waals surface area contributed by atoms with Crippen LogP contribution in [0.25, 0.3) is 0 Å². The highest BCUT2D eigenvalue weighted by atomic mass is 19.4. The number of carboxylic acid groups (broad SMARTS) is 1. The standard InChI is InChI=1S/C7H6F3N.C2HF3O2/c8-7(9,10)5-3-1-2-4-6(5)11;3-2(4,5)1(6)7/h1-4H,11H2;(H,6,7). The zero-order valence-corrected chi connectivity index (χ0v) is 8.51. The smallest absolute Gasteiger partial charge is 0.475 e. The van der Waals surface area contributed by atoms with Crippen molar-refractivity contribution in [2.75, 3.05) is 5.73 Å². The van der Waals surface area contributed by atoms with Crippen molar-refractivity contribution in [3.8, 4) is 0 Å². The van der Waals surface area contributed by atoms with Crippen molar-refractivity contribution in [3.05, 3.63) is 29.8 Å². The van der Waals surface area contributed by atoms with Gasteiger partial charge in [0.25, 0.3) is 0 Å². The van der Waals surface area contributed by atoms with E-state index < -0.39 is 23.9 Å². The first-order valence-electron chi connectivity index (χ1n) is 4.18. The van der Waals surface area contributed by atoms with Crippen LogP contribution in [-0.4, -0.2) is 17.3 Å². The number of nitrogens with two attached hydrogens (primary N) is 1. The minimum atomic E-state index is -5.08. The van der Waals surface area contributed by atoms with Crippen LogP contribution in [0.5, 0.6) is 0 Å². The van der Waals surface area contributed by atoms with Gasteiger partial charge in [-0.05, 0) is 12.1 Å². The van der Waals surface area contributed by atoms with Gasteiger partial charge in [-0.25, -0.2) is 4.79 Å². The molecule has 0 heterocycles. The van der Waals surface area contributed by atoms with Gasteiger partial charge in [0.1, 0.15) is 0 Å². The van der Waals surface area contributed by atoms with Crippen LogP contribution in [0.1, 0.15) is 5.56 Å². The van der Waals surface area contributed by atoms with E-state index in [-0.39, 0.29) is 5.69 Å². The Bertz CT molecular complexity index is 412. The third kappa shape index (κ3) is 5.41. The topological polar surface area (TPSA) is 63.3 Å². The molecular weight excluding hydrogens is 268 g/mol. The van der Waals surface area contributed by atoms with Gasteiger partial charge in [0, 0.05) is 5.69 Å². The fourth-order valence-corrected chi connectivity index (χ4v) is 0.755. The Morgan fingerprint density at radius 2 is 1.44 bits per heavy atom. The molecule has 0 radical (unpaired) electrons. The van der Waals surface area contributed by atoms with E-state index in [1.807, 2.05) is 0 Å². The van der Waals surface area contributed by atoms with Gasteiger partial charge in [0.15, 0.2) is 0 Å². The van der Waals surface area contributed by atoms with Gasteiger partial charge in [0.05, 0.1) is 5.56 Å². The first-order chi connectivity index (χ1) is 7.96. The molecule has 0 spiro atoms. The van der Waals surface area contributed by atoms with Crippen molar-refractivity contribution in [2.24, 2.45) is 0 Å². The van der Waals surface area contributed by atoms with Crippen LogP contribution in [0.2, 0.25) is 0 Å². The van der Waals surface area contributed by atoms with Gasteiger partial charge in [-0.15, -0.1) is 0 Å². The van der Waals surface area contributed by atoms with Crippen LogP contribution in [0, 0.1) is 0 Å². The lowest BCUT2D eigenvalue weighted by Gasteiger charge is -2.07. The largest absolute Gasteiger partial charge is 0.490 e. The summed E-state index contributed by atoms with van der Waals surface area (Å²) in [6.07, 6.45) is -9.43. The van der Waals surface area contributed by atoms with E-state index in [0.717, 1.165) is 6.07 Å². The third-order valence-corrected chi connectivity index (χ3v) is 1.51. The molecule has 1 aromatic rings. The van der Waals surface area contributed by atoms with Crippen molar-refractivity contribution in [3.63, 3.8) is 0 Å². The fraction of sp³-hybridized carbons (Fsp3) is 0.222. The van der Waals surface area contributed by atoms with Gasteiger partial charge >= 0.3 is 18.3 Å². The lowest BCUT2D eigenvalue weighted by Crippen LogP contribution is -2.21. The maximum Gasteiger partial charge on any atom is 0.490 e. The molecule has 0 atom stereocenters. The maximum absolute atomic E-state index is 12.0. The first kappa shape index (κ1) is 16.1. The fourth-order valence-electron chi connectivity index (χ4n) is 0.755. The van der Waals surface area contributed by atoms with E-state index in [0.29, 0.717) is 0 Å². The number of anilines is 1. The van der Waals surface area contributed by atoms with Crippen LogP contribution in [0.15, 0.2) is 24.3 Å². The molecule has 1 rings (SSSR count). The number of rotatable bonds is 0. The number of para-hydroxylation sites is 1. The van der Waals surface area contributed by atoms with E-state index in [4.69, 9.17) is 15.6 Å². The Morgan fingerprint density at radius 1 is 1.06 bits per heavy atom. The summed E-state index contributed by atoms with van der Waals surface area (Å²) in [5.41, 5.74) is 4.07. The molecule has 0 bridgehead atoms. The maximum atomic E-state index is 12.0. The van der Waals surface area contributed by atoms with Crippen LogP contribution >= 0.6 is 0 Å². The van der Waals surface area contributed by atoms with Crippen molar-refractivity contribution in [1.82, 2.24) is 0 Å². The monoisotopic (exact) mass is 275 g/mol. The summed E-state index contributed by atoms with van der Waals surface area (Å²) in [5.74, 6) is -2.76. The normalized spacial score (nSPS) is 11.4. The zero-order valence-electron chi connectivity index (χ0n) is 8.51. The van der Waals surface area contributed by atoms with E-state index >= 15 is 0 Å². The lowest BCUT2D eigenvalue weighted by molar-refractivity contribution is -0.192. The first-order valence-corrected chi connectivity index (χ1v) is 4.18. The molecule has 3 N–H and O–H groups in total. The summed E-state index contributed by atoms with van der Waals surface area (Å²) in [7, 11) is 0. The highest BCUT2D eigenvalue weighted by Crippen LogP contribution is 2.32. The average Bonchev–Trinajstić information content (AvgIpc) is 2.15. The Balaban J connectivity index is 0.000000360. The van der Waals surface area contributed by atoms with Crippen LogP contribution in [-0.2, 0) is 11.0 Å². The highest BCUT2D eigenvalue weighted by Gasteiger charge is 2.38. The summed E-state index contributed by atoms with van der Waals surface area (Å²) >= 11 is 0. The van der Waals surface area contributed by atoms with Gasteiger partial charge in [-0.1, -0.05) is 12.1 Å². The number of benzene rings is 1. The Morgan fingerprint density at radius 3 is 1.67 bits per heavy atom. The van der Waals surface area contributed by atoms with E-state index in [9.17, 15) is 26.3 Å². The van der Waals surface area contributed by atoms with Gasteiger partial charge < -0.3 is 10.8 Å². The van der Waals surface area contributed by atoms with Crippen LogP contribution in [0.3, 0.4) is 0 Å². The molecule has 0 saturated carbocycles. The number of nitrogen functional groups attached to an aromatic ring is 1. The predicted molar refractivity (Wildman–Crippen MR) is 49.5 cm³/mol. The predicted octanol–water partition coefficient (Wildman–Crippen LogP) is 2.92. The summed E-state index contributed by atoms with van der Waals surface area (Å²) in [6, 6.07) is 4.95. The van der Waals surface area contributed by atoms with E-state index in [2.05, 4.69) is 0 Å². The summed E-state index contributed by atoms with van der Waals surface area (Å²) in [5, 5.41) is 7.12. The number of carboxylic acids is 1. The van der Waals surface area contributed by atoms with Crippen molar-refractivity contribution in [2.45, 2.75) is 12.4 Å². The number of halogens is 6. The second-order valence-corrected chi connectivity index (χ2v) is 2.89. The second kappa shape index (κ2) is 5.61. The van der Waals surface area contributed by atoms with E-state index in [1.54, 1.807) is 0 Å². The Kier molecular flexibility index (Phi) is 5.00. The Hall–Kier alpha value is -1.93. The zero-order chi connectivity index (χ0) is 14.6. The minimum absolute atomic E-state index is 0.236. The summed E-state index contributed by atoms with van der Waals surface area (Å²) in [6.45, 7) is 0. The number of hydrogen-bond donors (Lipinski definition) is 2. The molecule has 0 fully saturated rings. The highest BCUT2D eigenvalue weighted by molar-refractivity contribution is 5.73. The van der Waals surface area contributed by atoms with Crippen LogP contribution < -0.4 is 5.73 Å². The van der Waals surface area contributed by atoms with Gasteiger partial charge in [-0.3, -0.25) is 0 Å². The molecule has 102 valence electrons. The molecule has 0 aromatic heterocycles. The van der Waals surface area contributed by atoms with Crippen molar-refractivity contribution < 1.29 is 36.2 Å². The molecule has 0 aliphatic rings.